The molecule has 0 fully saturated rings. The van der Waals surface area contributed by atoms with Crippen LogP contribution in [0.1, 0.15) is 10.4 Å². The Morgan fingerprint density at radius 2 is 1.89 bits per heavy atom. The minimum atomic E-state index is -0.379. The molecule has 0 saturated heterocycles. The van der Waals surface area contributed by atoms with E-state index in [0.717, 1.165) is 10.2 Å². The average Bonchev–Trinajstić information content (AvgIpc) is 3.10. The Bertz CT molecular complexity index is 969. The van der Waals surface area contributed by atoms with Crippen molar-refractivity contribution in [3.63, 3.8) is 0 Å². The Hall–Kier alpha value is -1.94. The van der Waals surface area contributed by atoms with Crippen molar-refractivity contribution >= 4 is 73.3 Å². The van der Waals surface area contributed by atoms with Gasteiger partial charge >= 0.3 is 0 Å². The maximum Gasteiger partial charge on any atom is 0.259 e. The molecule has 2 N–H and O–H groups in total. The molecule has 138 valence electrons. The molecule has 0 unspecified atom stereocenters. The third-order valence-corrected chi connectivity index (χ3v) is 5.98. The monoisotopic (exact) mass is 482 g/mol. The molecule has 1 heterocycles. The maximum absolute atomic E-state index is 12.3. The van der Waals surface area contributed by atoms with E-state index in [1.54, 1.807) is 18.2 Å². The summed E-state index contributed by atoms with van der Waals surface area (Å²) in [6.07, 6.45) is 0. The third-order valence-electron chi connectivity index (χ3n) is 3.18. The number of nitrogens with one attached hydrogen (secondary N) is 2. The van der Waals surface area contributed by atoms with Gasteiger partial charge in [-0.3, -0.25) is 14.9 Å². The molecule has 0 aliphatic heterocycles. The minimum Gasteiger partial charge on any atom is -0.325 e. The van der Waals surface area contributed by atoms with Crippen molar-refractivity contribution in [2.75, 3.05) is 16.4 Å². The lowest BCUT2D eigenvalue weighted by Crippen LogP contribution is -2.13. The summed E-state index contributed by atoms with van der Waals surface area (Å²) in [5, 5.41) is 14.0. The number of benzene rings is 2. The van der Waals surface area contributed by atoms with Crippen molar-refractivity contribution in [1.82, 2.24) is 10.2 Å². The van der Waals surface area contributed by atoms with Crippen molar-refractivity contribution < 1.29 is 9.59 Å². The van der Waals surface area contributed by atoms with E-state index in [1.165, 1.54) is 23.1 Å². The van der Waals surface area contributed by atoms with Gasteiger partial charge in [0.05, 0.1) is 16.3 Å². The quantitative estimate of drug-likeness (QED) is 0.383. The molecule has 3 rings (SSSR count). The van der Waals surface area contributed by atoms with Crippen LogP contribution in [0.5, 0.6) is 0 Å². The van der Waals surface area contributed by atoms with Gasteiger partial charge in [-0.15, -0.1) is 10.2 Å². The van der Waals surface area contributed by atoms with Gasteiger partial charge in [0.15, 0.2) is 4.34 Å². The van der Waals surface area contributed by atoms with E-state index in [9.17, 15) is 9.59 Å². The molecule has 0 aliphatic rings. The summed E-state index contributed by atoms with van der Waals surface area (Å²) in [5.41, 5.74) is 1.07. The number of halogens is 2. The van der Waals surface area contributed by atoms with E-state index >= 15 is 0 Å². The highest BCUT2D eigenvalue weighted by Gasteiger charge is 2.14. The van der Waals surface area contributed by atoms with Crippen molar-refractivity contribution in [3.05, 3.63) is 63.6 Å². The fourth-order valence-corrected chi connectivity index (χ4v) is 4.11. The molecule has 10 heteroatoms. The van der Waals surface area contributed by atoms with Gasteiger partial charge in [0.1, 0.15) is 0 Å². The summed E-state index contributed by atoms with van der Waals surface area (Å²) >= 11 is 11.8. The standard InChI is InChI=1S/C17H12BrClN4O2S2/c18-10-6-7-13(19)12(8-10)15(25)21-16-22-23-17(27-16)26-9-14(24)20-11-4-2-1-3-5-11/h1-8H,9H2,(H,20,24)(H,21,22,25). The van der Waals surface area contributed by atoms with E-state index in [-0.39, 0.29) is 17.6 Å². The van der Waals surface area contributed by atoms with Crippen LogP contribution in [0.25, 0.3) is 0 Å². The number of amides is 2. The number of thioether (sulfide) groups is 1. The number of hydrogen-bond donors (Lipinski definition) is 2. The number of para-hydroxylation sites is 1. The number of nitrogens with zero attached hydrogens (tertiary/aromatic N) is 2. The molecule has 0 bridgehead atoms. The first-order chi connectivity index (χ1) is 13.0. The Morgan fingerprint density at radius 3 is 2.67 bits per heavy atom. The Labute approximate surface area is 176 Å². The zero-order valence-electron chi connectivity index (χ0n) is 13.6. The largest absolute Gasteiger partial charge is 0.325 e. The van der Waals surface area contributed by atoms with Gasteiger partial charge in [-0.05, 0) is 30.3 Å². The molecule has 2 aromatic carbocycles. The van der Waals surface area contributed by atoms with E-state index in [2.05, 4.69) is 36.8 Å². The summed E-state index contributed by atoms with van der Waals surface area (Å²) in [7, 11) is 0. The Morgan fingerprint density at radius 1 is 1.11 bits per heavy atom. The van der Waals surface area contributed by atoms with Crippen molar-refractivity contribution in [2.45, 2.75) is 4.34 Å². The first kappa shape index (κ1) is 19.8. The van der Waals surface area contributed by atoms with Crippen LogP contribution >= 0.6 is 50.6 Å². The number of anilines is 2. The van der Waals surface area contributed by atoms with Crippen LogP contribution in [0, 0.1) is 0 Å². The zero-order chi connectivity index (χ0) is 19.2. The number of hydrogen-bond acceptors (Lipinski definition) is 6. The predicted octanol–water partition coefficient (Wildman–Crippen LogP) is 4.94. The molecular weight excluding hydrogens is 472 g/mol. The van der Waals surface area contributed by atoms with Crippen LogP contribution in [0.4, 0.5) is 10.8 Å². The van der Waals surface area contributed by atoms with Crippen LogP contribution in [0.15, 0.2) is 57.3 Å². The minimum absolute atomic E-state index is 0.145. The first-order valence-electron chi connectivity index (χ1n) is 7.59. The lowest BCUT2D eigenvalue weighted by Gasteiger charge is -2.04. The summed E-state index contributed by atoms with van der Waals surface area (Å²) < 4.78 is 1.32. The highest BCUT2D eigenvalue weighted by Crippen LogP contribution is 2.27. The fourth-order valence-electron chi connectivity index (χ4n) is 2.00. The molecule has 0 aliphatic carbocycles. The van der Waals surface area contributed by atoms with Crippen LogP contribution in [0.3, 0.4) is 0 Å². The lowest BCUT2D eigenvalue weighted by molar-refractivity contribution is -0.113. The summed E-state index contributed by atoms with van der Waals surface area (Å²) in [5.74, 6) is -0.335. The van der Waals surface area contributed by atoms with E-state index < -0.39 is 0 Å². The van der Waals surface area contributed by atoms with E-state index in [4.69, 9.17) is 11.6 Å². The van der Waals surface area contributed by atoms with Crippen molar-refractivity contribution in [1.29, 1.82) is 0 Å². The second-order valence-corrected chi connectivity index (χ2v) is 8.68. The SMILES string of the molecule is O=C(CSc1nnc(NC(=O)c2cc(Br)ccc2Cl)s1)Nc1ccccc1. The highest BCUT2D eigenvalue weighted by molar-refractivity contribution is 9.10. The number of carbonyl (C=O) groups is 2. The second-order valence-electron chi connectivity index (χ2n) is 5.15. The molecule has 0 radical (unpaired) electrons. The number of carbonyl (C=O) groups excluding carboxylic acids is 2. The number of rotatable bonds is 6. The van der Waals surface area contributed by atoms with Gasteiger partial charge < -0.3 is 5.32 Å². The molecule has 1 aromatic heterocycles. The summed E-state index contributed by atoms with van der Waals surface area (Å²) in [6, 6.07) is 14.2. The Kier molecular flexibility index (Phi) is 6.84. The van der Waals surface area contributed by atoms with Crippen molar-refractivity contribution in [2.24, 2.45) is 0 Å². The van der Waals surface area contributed by atoms with Crippen molar-refractivity contribution in [3.8, 4) is 0 Å². The number of aromatic nitrogens is 2. The zero-order valence-corrected chi connectivity index (χ0v) is 17.6. The van der Waals surface area contributed by atoms with E-state index in [0.29, 0.717) is 20.1 Å². The van der Waals surface area contributed by atoms with Gasteiger partial charge in [0.2, 0.25) is 11.0 Å². The average molecular weight is 484 g/mol. The maximum atomic E-state index is 12.3. The third kappa shape index (κ3) is 5.77. The predicted molar refractivity (Wildman–Crippen MR) is 113 cm³/mol. The van der Waals surface area contributed by atoms with E-state index in [1.807, 2.05) is 30.3 Å². The summed E-state index contributed by atoms with van der Waals surface area (Å²) in [4.78, 5) is 24.3. The van der Waals surface area contributed by atoms with Gasteiger partial charge in [0.25, 0.3) is 5.91 Å². The molecule has 2 amide bonds. The first-order valence-corrected chi connectivity index (χ1v) is 10.6. The van der Waals surface area contributed by atoms with Crippen LogP contribution in [-0.2, 0) is 4.79 Å². The Balaban J connectivity index is 1.54. The van der Waals surface area contributed by atoms with Gasteiger partial charge in [-0.25, -0.2) is 0 Å². The van der Waals surface area contributed by atoms with Gasteiger partial charge in [-0.1, -0.05) is 68.8 Å². The molecule has 0 saturated carbocycles. The lowest BCUT2D eigenvalue weighted by atomic mass is 10.2. The van der Waals surface area contributed by atoms with Crippen LogP contribution in [-0.4, -0.2) is 27.8 Å². The topological polar surface area (TPSA) is 84.0 Å². The fraction of sp³-hybridized carbons (Fsp3) is 0.0588. The summed E-state index contributed by atoms with van der Waals surface area (Å²) in [6.45, 7) is 0. The van der Waals surface area contributed by atoms with Crippen LogP contribution < -0.4 is 10.6 Å². The van der Waals surface area contributed by atoms with Gasteiger partial charge in [-0.2, -0.15) is 0 Å². The molecule has 0 spiro atoms. The van der Waals surface area contributed by atoms with Crippen LogP contribution in [0.2, 0.25) is 5.02 Å². The molecule has 3 aromatic rings. The molecular formula is C17H12BrClN4O2S2. The second kappa shape index (κ2) is 9.32. The van der Waals surface area contributed by atoms with Gasteiger partial charge in [0, 0.05) is 10.2 Å². The molecule has 6 nitrogen and oxygen atoms in total. The molecule has 0 atom stereocenters. The smallest absolute Gasteiger partial charge is 0.259 e. The molecule has 27 heavy (non-hydrogen) atoms. The highest BCUT2D eigenvalue weighted by atomic mass is 79.9. The normalized spacial score (nSPS) is 10.4.